The van der Waals surface area contributed by atoms with Gasteiger partial charge in [-0.05, 0) is 48.9 Å². The second-order valence-corrected chi connectivity index (χ2v) is 7.04. The van der Waals surface area contributed by atoms with E-state index < -0.39 is 0 Å². The lowest BCUT2D eigenvalue weighted by Crippen LogP contribution is -2.36. The zero-order chi connectivity index (χ0) is 22.2. The fraction of sp³-hybridized carbons (Fsp3) is 0.174. The first-order valence-electron chi connectivity index (χ1n) is 9.50. The van der Waals surface area contributed by atoms with Crippen LogP contribution in [-0.4, -0.2) is 31.1 Å². The Morgan fingerprint density at radius 3 is 2.42 bits per heavy atom. The third-order valence-corrected chi connectivity index (χ3v) is 4.81. The summed E-state index contributed by atoms with van der Waals surface area (Å²) >= 11 is 6.23. The number of pyridine rings is 1. The summed E-state index contributed by atoms with van der Waals surface area (Å²) in [7, 11) is 3.05. The van der Waals surface area contributed by atoms with Crippen molar-refractivity contribution in [1.29, 1.82) is 0 Å². The lowest BCUT2D eigenvalue weighted by atomic mass is 10.2. The van der Waals surface area contributed by atoms with E-state index >= 15 is 0 Å². The standard InChI is InChI=1S/C23H23ClN4O3/c1-15-7-8-17(12-21(15)24)27-23(26-14-18-6-4-5-9-25-18)28-22(29)16-10-19(30-2)13-20(11-16)31-3/h4-13H,14H2,1-3H3,(H2,26,27,28,29). The molecule has 0 aliphatic heterocycles. The predicted octanol–water partition coefficient (Wildman–Crippen LogP) is 4.46. The fourth-order valence-corrected chi connectivity index (χ4v) is 2.87. The van der Waals surface area contributed by atoms with Gasteiger partial charge in [-0.15, -0.1) is 0 Å². The van der Waals surface area contributed by atoms with Crippen LogP contribution < -0.4 is 20.1 Å². The van der Waals surface area contributed by atoms with Gasteiger partial charge in [-0.3, -0.25) is 15.1 Å². The molecule has 3 rings (SSSR count). The largest absolute Gasteiger partial charge is 0.497 e. The van der Waals surface area contributed by atoms with Crippen LogP contribution in [0, 0.1) is 6.92 Å². The summed E-state index contributed by atoms with van der Waals surface area (Å²) in [5, 5.41) is 6.53. The lowest BCUT2D eigenvalue weighted by molar-refractivity contribution is 0.0976. The molecule has 1 amide bonds. The molecule has 0 fully saturated rings. The van der Waals surface area contributed by atoms with Gasteiger partial charge in [0, 0.05) is 28.5 Å². The highest BCUT2D eigenvalue weighted by molar-refractivity contribution is 6.31. The molecule has 0 unspecified atom stereocenters. The number of methoxy groups -OCH3 is 2. The van der Waals surface area contributed by atoms with Crippen LogP contribution in [0.2, 0.25) is 5.02 Å². The molecule has 3 aromatic rings. The van der Waals surface area contributed by atoms with E-state index in [0.29, 0.717) is 27.8 Å². The number of nitrogens with zero attached hydrogens (tertiary/aromatic N) is 2. The van der Waals surface area contributed by atoms with Crippen LogP contribution in [0.5, 0.6) is 11.5 Å². The molecule has 0 saturated heterocycles. The molecule has 8 heteroatoms. The molecule has 2 N–H and O–H groups in total. The Labute approximate surface area is 186 Å². The zero-order valence-corrected chi connectivity index (χ0v) is 18.2. The molecule has 0 aliphatic rings. The van der Waals surface area contributed by atoms with Crippen molar-refractivity contribution in [2.45, 2.75) is 13.5 Å². The monoisotopic (exact) mass is 438 g/mol. The van der Waals surface area contributed by atoms with Gasteiger partial charge in [0.25, 0.3) is 5.91 Å². The van der Waals surface area contributed by atoms with Gasteiger partial charge >= 0.3 is 0 Å². The van der Waals surface area contributed by atoms with E-state index in [1.165, 1.54) is 14.2 Å². The number of carbonyl (C=O) groups is 1. The summed E-state index contributed by atoms with van der Waals surface area (Å²) in [5.74, 6) is 0.907. The number of halogens is 1. The summed E-state index contributed by atoms with van der Waals surface area (Å²) < 4.78 is 10.5. The third kappa shape index (κ3) is 6.20. The van der Waals surface area contributed by atoms with E-state index in [-0.39, 0.29) is 18.4 Å². The van der Waals surface area contributed by atoms with E-state index in [0.717, 1.165) is 11.3 Å². The Hall–Kier alpha value is -3.58. The number of ether oxygens (including phenoxy) is 2. The molecular formula is C23H23ClN4O3. The van der Waals surface area contributed by atoms with Crippen LogP contribution in [-0.2, 0) is 6.54 Å². The van der Waals surface area contributed by atoms with Crippen molar-refractivity contribution < 1.29 is 14.3 Å². The van der Waals surface area contributed by atoms with Crippen LogP contribution in [0.25, 0.3) is 0 Å². The molecule has 2 aromatic carbocycles. The number of hydrogen-bond acceptors (Lipinski definition) is 5. The molecule has 0 aliphatic carbocycles. The summed E-state index contributed by atoms with van der Waals surface area (Å²) in [6, 6.07) is 16.0. The van der Waals surface area contributed by atoms with Gasteiger partial charge in [0.1, 0.15) is 11.5 Å². The number of nitrogens with one attached hydrogen (secondary N) is 2. The Morgan fingerprint density at radius 1 is 1.06 bits per heavy atom. The van der Waals surface area contributed by atoms with Gasteiger partial charge in [0.2, 0.25) is 5.96 Å². The molecule has 1 aromatic heterocycles. The smallest absolute Gasteiger partial charge is 0.258 e. The average Bonchev–Trinajstić information content (AvgIpc) is 2.80. The highest BCUT2D eigenvalue weighted by Crippen LogP contribution is 2.23. The maximum absolute atomic E-state index is 12.9. The van der Waals surface area contributed by atoms with Crippen molar-refractivity contribution >= 4 is 29.2 Å². The van der Waals surface area contributed by atoms with Crippen molar-refractivity contribution in [3.8, 4) is 11.5 Å². The topological polar surface area (TPSA) is 84.8 Å². The fourth-order valence-electron chi connectivity index (χ4n) is 2.69. The van der Waals surface area contributed by atoms with Crippen molar-refractivity contribution in [1.82, 2.24) is 10.3 Å². The first-order chi connectivity index (χ1) is 15.0. The number of aryl methyl sites for hydroxylation is 1. The Kier molecular flexibility index (Phi) is 7.45. The van der Waals surface area contributed by atoms with Gasteiger partial charge in [-0.1, -0.05) is 23.7 Å². The Bertz CT molecular complexity index is 1070. The Morgan fingerprint density at radius 2 is 1.81 bits per heavy atom. The Balaban J connectivity index is 1.86. The number of aromatic nitrogens is 1. The van der Waals surface area contributed by atoms with Gasteiger partial charge in [-0.2, -0.15) is 0 Å². The highest BCUT2D eigenvalue weighted by atomic mass is 35.5. The predicted molar refractivity (Wildman–Crippen MR) is 122 cm³/mol. The number of hydrogen-bond donors (Lipinski definition) is 2. The average molecular weight is 439 g/mol. The second-order valence-electron chi connectivity index (χ2n) is 6.63. The summed E-state index contributed by atoms with van der Waals surface area (Å²) in [4.78, 5) is 21.7. The molecule has 0 bridgehead atoms. The van der Waals surface area contributed by atoms with E-state index in [9.17, 15) is 4.79 Å². The van der Waals surface area contributed by atoms with E-state index in [2.05, 4.69) is 20.6 Å². The van der Waals surface area contributed by atoms with Crippen LogP contribution in [0.4, 0.5) is 5.69 Å². The summed E-state index contributed by atoms with van der Waals surface area (Å²) in [6.07, 6.45) is 1.69. The summed E-state index contributed by atoms with van der Waals surface area (Å²) in [5.41, 5.74) is 2.78. The summed E-state index contributed by atoms with van der Waals surface area (Å²) in [6.45, 7) is 2.20. The minimum absolute atomic E-state index is 0.261. The van der Waals surface area contributed by atoms with Crippen molar-refractivity contribution in [2.75, 3.05) is 19.5 Å². The normalized spacial score (nSPS) is 11.0. The van der Waals surface area contributed by atoms with E-state index in [4.69, 9.17) is 21.1 Å². The van der Waals surface area contributed by atoms with Gasteiger partial charge in [0.05, 0.1) is 26.5 Å². The quantitative estimate of drug-likeness (QED) is 0.438. The van der Waals surface area contributed by atoms with Gasteiger partial charge in [-0.25, -0.2) is 4.99 Å². The highest BCUT2D eigenvalue weighted by Gasteiger charge is 2.13. The van der Waals surface area contributed by atoms with Crippen LogP contribution in [0.15, 0.2) is 65.8 Å². The molecule has 0 spiro atoms. The minimum Gasteiger partial charge on any atom is -0.497 e. The number of anilines is 1. The SMILES string of the molecule is COc1cc(OC)cc(C(=O)NC(=NCc2ccccn2)Nc2ccc(C)c(Cl)c2)c1. The number of guanidine groups is 1. The van der Waals surface area contributed by atoms with Gasteiger partial charge < -0.3 is 14.8 Å². The molecule has 0 saturated carbocycles. The van der Waals surface area contributed by atoms with E-state index in [1.54, 1.807) is 30.5 Å². The minimum atomic E-state index is -0.373. The third-order valence-electron chi connectivity index (χ3n) is 4.41. The van der Waals surface area contributed by atoms with Crippen molar-refractivity contribution in [3.63, 3.8) is 0 Å². The van der Waals surface area contributed by atoms with Crippen molar-refractivity contribution in [2.24, 2.45) is 4.99 Å². The molecule has 0 atom stereocenters. The second kappa shape index (κ2) is 10.4. The first kappa shape index (κ1) is 22.1. The van der Waals surface area contributed by atoms with Crippen LogP contribution in [0.1, 0.15) is 21.6 Å². The molecule has 1 heterocycles. The van der Waals surface area contributed by atoms with Crippen molar-refractivity contribution in [3.05, 3.63) is 82.6 Å². The number of carbonyl (C=O) groups excluding carboxylic acids is 1. The number of amides is 1. The number of aliphatic imine (C=N–C) groups is 1. The van der Waals surface area contributed by atoms with Gasteiger partial charge in [0.15, 0.2) is 0 Å². The lowest BCUT2D eigenvalue weighted by Gasteiger charge is -2.14. The maximum atomic E-state index is 12.9. The van der Waals surface area contributed by atoms with E-state index in [1.807, 2.05) is 37.3 Å². The molecule has 7 nitrogen and oxygen atoms in total. The maximum Gasteiger partial charge on any atom is 0.258 e. The van der Waals surface area contributed by atoms with Crippen LogP contribution in [0.3, 0.4) is 0 Å². The first-order valence-corrected chi connectivity index (χ1v) is 9.88. The van der Waals surface area contributed by atoms with Crippen LogP contribution >= 0.6 is 11.6 Å². The molecule has 0 radical (unpaired) electrons. The molecule has 31 heavy (non-hydrogen) atoms. The zero-order valence-electron chi connectivity index (χ0n) is 17.5. The number of rotatable bonds is 6. The molecule has 160 valence electrons. The molecular weight excluding hydrogens is 416 g/mol. The number of benzene rings is 2.